The zero-order chi connectivity index (χ0) is 5.28. The van der Waals surface area contributed by atoms with Crippen LogP contribution in [0.15, 0.2) is 0 Å². The van der Waals surface area contributed by atoms with Crippen molar-refractivity contribution in [1.29, 1.82) is 0 Å². The minimum atomic E-state index is -0.213. The van der Waals surface area contributed by atoms with Crippen LogP contribution in [0, 0.1) is 5.92 Å². The van der Waals surface area contributed by atoms with Crippen LogP contribution in [0.25, 0.3) is 5.32 Å². The molecule has 0 aliphatic carbocycles. The summed E-state index contributed by atoms with van der Waals surface area (Å²) in [5, 5.41) is 3.82. The topological polar surface area (TPSA) is 31.2 Å². The predicted octanol–water partition coefficient (Wildman–Crippen LogP) is -0.318. The Morgan fingerprint density at radius 3 is 2.12 bits per heavy atom. The number of carbonyl (C=O) groups is 1. The first-order chi connectivity index (χ1) is 3.30. The summed E-state index contributed by atoms with van der Waals surface area (Å²) in [5.41, 5.74) is -0.213. The summed E-state index contributed by atoms with van der Waals surface area (Å²) in [6, 6.07) is 0. The first-order valence-corrected chi connectivity index (χ1v) is 2.23. The molecule has 3 radical (unpaired) electrons. The summed E-state index contributed by atoms with van der Waals surface area (Å²) >= 11 is 0. The molecule has 1 saturated heterocycles. The Morgan fingerprint density at radius 2 is 2.12 bits per heavy atom. The molecule has 0 saturated carbocycles. The van der Waals surface area contributed by atoms with Gasteiger partial charge in [-0.05, 0) is 5.92 Å². The van der Waals surface area contributed by atoms with E-state index in [9.17, 15) is 4.79 Å². The molecule has 0 aromatic heterocycles. The van der Waals surface area contributed by atoms with Crippen LogP contribution in [-0.4, -0.2) is 26.6 Å². The molecular weight excluding hydrogens is 178 g/mol. The second-order valence-electron chi connectivity index (χ2n) is 1.69. The van der Waals surface area contributed by atoms with Crippen molar-refractivity contribution in [1.82, 2.24) is 0 Å². The van der Waals surface area contributed by atoms with E-state index in [1.807, 2.05) is 0 Å². The molecule has 0 bridgehead atoms. The maximum Gasteiger partial charge on any atom is 0.168 e. The van der Waals surface area contributed by atoms with E-state index in [-0.39, 0.29) is 44.3 Å². The van der Waals surface area contributed by atoms with Gasteiger partial charge in [0.25, 0.3) is 0 Å². The summed E-state index contributed by atoms with van der Waals surface area (Å²) in [6.45, 7) is 1.30. The van der Waals surface area contributed by atoms with Gasteiger partial charge < -0.3 is 10.1 Å². The van der Waals surface area contributed by atoms with Gasteiger partial charge in [0.05, 0.1) is 5.68 Å². The third-order valence-corrected chi connectivity index (χ3v) is 1.10. The van der Waals surface area contributed by atoms with E-state index in [4.69, 9.17) is 7.85 Å². The fourth-order valence-electron chi connectivity index (χ4n) is 0.438. The second kappa shape index (κ2) is 3.75. The molecule has 0 unspecified atom stereocenters. The maximum absolute atomic E-state index is 10.1. The normalized spacial score (nSPS) is 18.5. The van der Waals surface area contributed by atoms with Crippen LogP contribution in [0.1, 0.15) is 0 Å². The molecule has 1 aliphatic heterocycles. The monoisotopic (exact) mass is 183 g/mol. The van der Waals surface area contributed by atoms with Gasteiger partial charge in [-0.25, -0.2) is 0 Å². The van der Waals surface area contributed by atoms with Crippen molar-refractivity contribution in [2.24, 2.45) is 5.92 Å². The summed E-state index contributed by atoms with van der Waals surface area (Å²) in [7, 11) is 4.90. The fraction of sp³-hybridized carbons (Fsp3) is 0.750. The first kappa shape index (κ1) is 8.80. The van der Waals surface area contributed by atoms with Crippen molar-refractivity contribution >= 4 is 13.5 Å². The molecule has 0 amide bonds. The van der Waals surface area contributed by atoms with E-state index in [0.717, 1.165) is 0 Å². The maximum atomic E-state index is 10.1. The standard InChI is InChI=1S/C4H5BNO.Y/c5-4(7)3-1-6-2-3;/h3H,1-2H2;/q-1;. The Labute approximate surface area is 75.1 Å². The van der Waals surface area contributed by atoms with Gasteiger partial charge >= 0.3 is 0 Å². The Bertz CT molecular complexity index is 94.0. The summed E-state index contributed by atoms with van der Waals surface area (Å²) in [4.78, 5) is 10.1. The average molecular weight is 183 g/mol. The largest absolute Gasteiger partial charge is 0.661 e. The SMILES string of the molecule is [B]C(=O)C1C[N-]C1.[Y]. The second-order valence-corrected chi connectivity index (χ2v) is 1.69. The summed E-state index contributed by atoms with van der Waals surface area (Å²) in [6.07, 6.45) is 0. The predicted molar refractivity (Wildman–Crippen MR) is 27.3 cm³/mol. The molecule has 4 heteroatoms. The minimum absolute atomic E-state index is 0. The van der Waals surface area contributed by atoms with Crippen molar-refractivity contribution in [3.05, 3.63) is 5.32 Å². The number of hydrogen-bond acceptors (Lipinski definition) is 1. The van der Waals surface area contributed by atoms with Gasteiger partial charge in [-0.1, -0.05) is 0 Å². The minimum Gasteiger partial charge on any atom is -0.661 e. The molecule has 1 aliphatic rings. The van der Waals surface area contributed by atoms with Crippen LogP contribution in [0.5, 0.6) is 0 Å². The van der Waals surface area contributed by atoms with Crippen molar-refractivity contribution in [2.45, 2.75) is 0 Å². The van der Waals surface area contributed by atoms with Gasteiger partial charge in [-0.2, -0.15) is 0 Å². The Balaban J connectivity index is 0.000000490. The number of rotatable bonds is 1. The van der Waals surface area contributed by atoms with Gasteiger partial charge in [0.1, 0.15) is 0 Å². The third kappa shape index (κ3) is 1.96. The smallest absolute Gasteiger partial charge is 0.168 e. The number of carbonyl (C=O) groups excluding carboxylic acids is 1. The molecular formula is C4H5BNOY-. The number of nitrogens with zero attached hydrogens (tertiary/aromatic N) is 1. The van der Waals surface area contributed by atoms with E-state index in [0.29, 0.717) is 13.1 Å². The number of hydrogen-bond donors (Lipinski definition) is 0. The van der Waals surface area contributed by atoms with Crippen LogP contribution in [0.4, 0.5) is 0 Å². The van der Waals surface area contributed by atoms with Gasteiger partial charge in [-0.3, -0.25) is 0 Å². The van der Waals surface area contributed by atoms with Crippen molar-refractivity contribution in [2.75, 3.05) is 13.1 Å². The third-order valence-electron chi connectivity index (χ3n) is 1.10. The molecule has 8 heavy (non-hydrogen) atoms. The van der Waals surface area contributed by atoms with Gasteiger partial charge in [0.2, 0.25) is 0 Å². The zero-order valence-corrected chi connectivity index (χ0v) is 7.34. The van der Waals surface area contributed by atoms with Crippen LogP contribution in [0.2, 0.25) is 0 Å². The van der Waals surface area contributed by atoms with Crippen molar-refractivity contribution < 1.29 is 37.5 Å². The molecule has 1 fully saturated rings. The molecule has 0 aromatic carbocycles. The molecule has 1 rings (SSSR count). The molecule has 0 aromatic rings. The van der Waals surface area contributed by atoms with Gasteiger partial charge in [0.15, 0.2) is 7.85 Å². The van der Waals surface area contributed by atoms with Crippen LogP contribution in [0.3, 0.4) is 0 Å². The van der Waals surface area contributed by atoms with Crippen LogP contribution >= 0.6 is 0 Å². The van der Waals surface area contributed by atoms with Gasteiger partial charge in [0, 0.05) is 32.7 Å². The Hall–Kier alpha value is 0.799. The molecule has 1 heterocycles. The van der Waals surface area contributed by atoms with E-state index < -0.39 is 0 Å². The van der Waals surface area contributed by atoms with E-state index >= 15 is 0 Å². The molecule has 39 valence electrons. The Morgan fingerprint density at radius 1 is 1.62 bits per heavy atom. The molecule has 0 spiro atoms. The van der Waals surface area contributed by atoms with Gasteiger partial charge in [-0.15, -0.1) is 13.1 Å². The van der Waals surface area contributed by atoms with E-state index in [1.165, 1.54) is 0 Å². The average Bonchev–Trinajstić information content (AvgIpc) is 1.23. The Kier molecular flexibility index (Phi) is 4.13. The molecule has 2 nitrogen and oxygen atoms in total. The van der Waals surface area contributed by atoms with Crippen LogP contribution < -0.4 is 0 Å². The van der Waals surface area contributed by atoms with Crippen LogP contribution in [-0.2, 0) is 37.5 Å². The van der Waals surface area contributed by atoms with E-state index in [2.05, 4.69) is 5.32 Å². The first-order valence-electron chi connectivity index (χ1n) is 2.23. The summed E-state index contributed by atoms with van der Waals surface area (Å²) in [5.74, 6) is 0.0556. The zero-order valence-electron chi connectivity index (χ0n) is 4.50. The van der Waals surface area contributed by atoms with Crippen molar-refractivity contribution in [3.63, 3.8) is 0 Å². The molecule has 0 N–H and O–H groups in total. The quantitative estimate of drug-likeness (QED) is 0.512. The fourth-order valence-corrected chi connectivity index (χ4v) is 0.438. The van der Waals surface area contributed by atoms with Crippen molar-refractivity contribution in [3.8, 4) is 0 Å². The summed E-state index contributed by atoms with van der Waals surface area (Å²) < 4.78 is 0. The van der Waals surface area contributed by atoms with E-state index in [1.54, 1.807) is 0 Å². The molecule has 0 atom stereocenters.